The molecule has 0 saturated heterocycles. The van der Waals surface area contributed by atoms with E-state index in [1.165, 1.54) is 20.8 Å². The van der Waals surface area contributed by atoms with Crippen LogP contribution in [0.25, 0.3) is 0 Å². The molecule has 0 aromatic rings. The molecule has 84 valence electrons. The highest BCUT2D eigenvalue weighted by atomic mass is 16.3. The Morgan fingerprint density at radius 2 is 1.57 bits per heavy atom. The zero-order valence-corrected chi connectivity index (χ0v) is 9.09. The van der Waals surface area contributed by atoms with Gasteiger partial charge in [-0.2, -0.15) is 0 Å². The fraction of sp³-hybridized carbons (Fsp3) is 0.778. The Labute approximate surface area is 84.9 Å². The van der Waals surface area contributed by atoms with E-state index in [0.717, 1.165) is 0 Å². The van der Waals surface area contributed by atoms with Crippen molar-refractivity contribution in [2.75, 3.05) is 26.2 Å². The van der Waals surface area contributed by atoms with Crippen molar-refractivity contribution in [3.05, 3.63) is 0 Å². The van der Waals surface area contributed by atoms with E-state index in [0.29, 0.717) is 19.6 Å². The van der Waals surface area contributed by atoms with Gasteiger partial charge in [0.2, 0.25) is 5.91 Å². The first-order valence-corrected chi connectivity index (χ1v) is 4.54. The first kappa shape index (κ1) is 15.5. The molecule has 0 aliphatic rings. The van der Waals surface area contributed by atoms with E-state index in [4.69, 9.17) is 5.11 Å². The summed E-state index contributed by atoms with van der Waals surface area (Å²) in [6.07, 6.45) is 0. The van der Waals surface area contributed by atoms with Crippen molar-refractivity contribution in [3.8, 4) is 0 Å². The van der Waals surface area contributed by atoms with Gasteiger partial charge in [-0.25, -0.2) is 0 Å². The average molecular weight is 204 g/mol. The molecule has 0 aliphatic heterocycles. The van der Waals surface area contributed by atoms with Crippen LogP contribution < -0.4 is 10.6 Å². The minimum Gasteiger partial charge on any atom is -0.395 e. The number of amides is 1. The molecule has 0 spiro atoms. The van der Waals surface area contributed by atoms with Crippen LogP contribution in [-0.2, 0) is 9.59 Å². The normalized spacial score (nSPS) is 8.57. The molecule has 0 fully saturated rings. The van der Waals surface area contributed by atoms with Gasteiger partial charge in [0.1, 0.15) is 5.78 Å². The zero-order valence-electron chi connectivity index (χ0n) is 9.09. The Hall–Kier alpha value is -0.940. The number of Topliss-reactive ketones (excluding diaryl/α,β-unsaturated/α-hetero) is 1. The summed E-state index contributed by atoms with van der Waals surface area (Å²) < 4.78 is 0. The first-order valence-electron chi connectivity index (χ1n) is 4.54. The second-order valence-electron chi connectivity index (χ2n) is 2.86. The van der Waals surface area contributed by atoms with Gasteiger partial charge < -0.3 is 20.5 Å². The lowest BCUT2D eigenvalue weighted by Crippen LogP contribution is -2.31. The van der Waals surface area contributed by atoms with Crippen LogP contribution in [0.3, 0.4) is 0 Å². The smallest absolute Gasteiger partial charge is 0.216 e. The summed E-state index contributed by atoms with van der Waals surface area (Å²) in [7, 11) is 0. The lowest BCUT2D eigenvalue weighted by molar-refractivity contribution is -0.119. The van der Waals surface area contributed by atoms with Crippen molar-refractivity contribution >= 4 is 11.7 Å². The molecule has 0 radical (unpaired) electrons. The van der Waals surface area contributed by atoms with Gasteiger partial charge in [-0.1, -0.05) is 0 Å². The minimum absolute atomic E-state index is 0.0224. The zero-order chi connectivity index (χ0) is 11.4. The van der Waals surface area contributed by atoms with Crippen LogP contribution in [0, 0.1) is 0 Å². The van der Waals surface area contributed by atoms with Gasteiger partial charge in [0.05, 0.1) is 6.61 Å². The Balaban J connectivity index is 0. The first-order chi connectivity index (χ1) is 6.50. The van der Waals surface area contributed by atoms with E-state index in [2.05, 4.69) is 10.6 Å². The third-order valence-corrected chi connectivity index (χ3v) is 0.964. The topological polar surface area (TPSA) is 78.4 Å². The number of hydrogen-bond donors (Lipinski definition) is 3. The van der Waals surface area contributed by atoms with E-state index in [9.17, 15) is 9.59 Å². The Morgan fingerprint density at radius 1 is 1.07 bits per heavy atom. The standard InChI is InChI=1S/C6H14N2O2.C3H6O/c1-6(10)8-3-2-7-4-5-9;1-3(2)4/h7,9H,2-5H2,1H3,(H,8,10);1-2H3. The van der Waals surface area contributed by atoms with Crippen LogP contribution in [0.5, 0.6) is 0 Å². The molecule has 0 unspecified atom stereocenters. The van der Waals surface area contributed by atoms with Crippen molar-refractivity contribution in [2.45, 2.75) is 20.8 Å². The Kier molecular flexibility index (Phi) is 13.4. The lowest BCUT2D eigenvalue weighted by atomic mass is 10.5. The molecular formula is C9H20N2O3. The van der Waals surface area contributed by atoms with Gasteiger partial charge in [-0.05, 0) is 13.8 Å². The summed E-state index contributed by atoms with van der Waals surface area (Å²) in [5, 5.41) is 13.9. The number of rotatable bonds is 5. The highest BCUT2D eigenvalue weighted by molar-refractivity contribution is 5.72. The number of hydrogen-bond acceptors (Lipinski definition) is 4. The molecule has 0 aromatic carbocycles. The maximum atomic E-state index is 10.3. The van der Waals surface area contributed by atoms with Crippen molar-refractivity contribution in [2.24, 2.45) is 0 Å². The number of carbonyl (C=O) groups excluding carboxylic acids is 2. The minimum atomic E-state index is -0.0224. The van der Waals surface area contributed by atoms with E-state index in [1.54, 1.807) is 0 Å². The SMILES string of the molecule is CC(=O)NCCNCCO.CC(C)=O. The summed E-state index contributed by atoms with van der Waals surface area (Å²) in [5.74, 6) is 0.144. The quantitative estimate of drug-likeness (QED) is 0.517. The monoisotopic (exact) mass is 204 g/mol. The van der Waals surface area contributed by atoms with Crippen molar-refractivity contribution in [1.82, 2.24) is 10.6 Å². The van der Waals surface area contributed by atoms with Crippen molar-refractivity contribution in [3.63, 3.8) is 0 Å². The van der Waals surface area contributed by atoms with E-state index in [1.807, 2.05) is 0 Å². The molecule has 0 rings (SSSR count). The fourth-order valence-electron chi connectivity index (χ4n) is 0.531. The average Bonchev–Trinajstić information content (AvgIpc) is 2.02. The molecule has 3 N–H and O–H groups in total. The summed E-state index contributed by atoms with van der Waals surface area (Å²) in [6, 6.07) is 0. The lowest BCUT2D eigenvalue weighted by Gasteiger charge is -2.01. The molecule has 0 bridgehead atoms. The van der Waals surface area contributed by atoms with Gasteiger partial charge in [-0.3, -0.25) is 4.79 Å². The number of carbonyl (C=O) groups is 2. The van der Waals surface area contributed by atoms with Gasteiger partial charge in [-0.15, -0.1) is 0 Å². The summed E-state index contributed by atoms with van der Waals surface area (Å²) >= 11 is 0. The molecule has 5 heteroatoms. The Morgan fingerprint density at radius 3 is 1.93 bits per heavy atom. The largest absolute Gasteiger partial charge is 0.395 e. The molecule has 0 heterocycles. The molecule has 14 heavy (non-hydrogen) atoms. The third kappa shape index (κ3) is 30.5. The second-order valence-corrected chi connectivity index (χ2v) is 2.86. The van der Waals surface area contributed by atoms with Gasteiger partial charge in [0.25, 0.3) is 0 Å². The third-order valence-electron chi connectivity index (χ3n) is 0.964. The van der Waals surface area contributed by atoms with Gasteiger partial charge in [0.15, 0.2) is 0 Å². The molecule has 5 nitrogen and oxygen atoms in total. The summed E-state index contributed by atoms with van der Waals surface area (Å²) in [6.45, 7) is 6.58. The van der Waals surface area contributed by atoms with E-state index < -0.39 is 0 Å². The van der Waals surface area contributed by atoms with Crippen molar-refractivity contribution < 1.29 is 14.7 Å². The van der Waals surface area contributed by atoms with Gasteiger partial charge in [0, 0.05) is 26.6 Å². The predicted octanol–water partition coefficient (Wildman–Crippen LogP) is -0.700. The number of aliphatic hydroxyl groups excluding tert-OH is 1. The highest BCUT2D eigenvalue weighted by Crippen LogP contribution is 1.60. The van der Waals surface area contributed by atoms with E-state index >= 15 is 0 Å². The highest BCUT2D eigenvalue weighted by Gasteiger charge is 1.88. The number of ketones is 1. The molecule has 1 amide bonds. The van der Waals surface area contributed by atoms with Crippen LogP contribution in [-0.4, -0.2) is 43.0 Å². The predicted molar refractivity (Wildman–Crippen MR) is 55.0 cm³/mol. The van der Waals surface area contributed by atoms with Crippen LogP contribution in [0.2, 0.25) is 0 Å². The fourth-order valence-corrected chi connectivity index (χ4v) is 0.531. The maximum Gasteiger partial charge on any atom is 0.216 e. The van der Waals surface area contributed by atoms with Crippen LogP contribution in [0.1, 0.15) is 20.8 Å². The summed E-state index contributed by atoms with van der Waals surface area (Å²) in [4.78, 5) is 19.7. The van der Waals surface area contributed by atoms with Crippen molar-refractivity contribution in [1.29, 1.82) is 0 Å². The number of nitrogens with one attached hydrogen (secondary N) is 2. The van der Waals surface area contributed by atoms with Crippen LogP contribution >= 0.6 is 0 Å². The molecule has 0 atom stereocenters. The van der Waals surface area contributed by atoms with Crippen LogP contribution in [0.4, 0.5) is 0 Å². The maximum absolute atomic E-state index is 10.3. The Bertz CT molecular complexity index is 156. The molecule has 0 aromatic heterocycles. The summed E-state index contributed by atoms with van der Waals surface area (Å²) in [5.41, 5.74) is 0. The van der Waals surface area contributed by atoms with E-state index in [-0.39, 0.29) is 18.3 Å². The van der Waals surface area contributed by atoms with Gasteiger partial charge >= 0.3 is 0 Å². The second kappa shape index (κ2) is 12.1. The molecule has 0 saturated carbocycles. The van der Waals surface area contributed by atoms with Crippen LogP contribution in [0.15, 0.2) is 0 Å². The number of aliphatic hydroxyl groups is 1. The molecular weight excluding hydrogens is 184 g/mol. The molecule has 0 aliphatic carbocycles.